The number of H-pyrrole nitrogens is 1. The van der Waals surface area contributed by atoms with Gasteiger partial charge in [0, 0.05) is 55.3 Å². The van der Waals surface area contributed by atoms with Crippen molar-refractivity contribution in [3.63, 3.8) is 0 Å². The summed E-state index contributed by atoms with van der Waals surface area (Å²) >= 11 is 0. The number of nitrogens with one attached hydrogen (secondary N) is 1. The van der Waals surface area contributed by atoms with Crippen molar-refractivity contribution >= 4 is 28.4 Å². The molecule has 1 fully saturated rings. The number of fused-ring (bicyclic) bond motifs is 1. The van der Waals surface area contributed by atoms with Crippen LogP contribution in [0.2, 0.25) is 0 Å². The van der Waals surface area contributed by atoms with Crippen LogP contribution in [0.15, 0.2) is 60.7 Å². The molecule has 0 atom stereocenters. The van der Waals surface area contributed by atoms with E-state index in [4.69, 9.17) is 5.26 Å². The maximum absolute atomic E-state index is 12.8. The number of piperidine rings is 1. The van der Waals surface area contributed by atoms with Gasteiger partial charge in [-0.05, 0) is 42.5 Å². The lowest BCUT2D eigenvalue weighted by atomic mass is 9.93. The van der Waals surface area contributed by atoms with Gasteiger partial charge in [-0.3, -0.25) is 9.59 Å². The average Bonchev–Trinajstić information content (AvgIpc) is 3.28. The lowest BCUT2D eigenvalue weighted by Gasteiger charge is -2.32. The Hall–Kier alpha value is -3.59. The van der Waals surface area contributed by atoms with Crippen LogP contribution < -0.4 is 4.90 Å². The number of hydrogen-bond donors (Lipinski definition) is 1. The van der Waals surface area contributed by atoms with E-state index in [9.17, 15) is 9.59 Å². The lowest BCUT2D eigenvalue weighted by Crippen LogP contribution is -2.39. The number of benzene rings is 2. The van der Waals surface area contributed by atoms with Gasteiger partial charge in [-0.15, -0.1) is 0 Å². The second-order valence-corrected chi connectivity index (χ2v) is 8.26. The Bertz CT molecular complexity index is 1070. The number of aromatic nitrogens is 1. The van der Waals surface area contributed by atoms with Gasteiger partial charge in [0.2, 0.25) is 11.8 Å². The highest BCUT2D eigenvalue weighted by molar-refractivity contribution is 5.95. The van der Waals surface area contributed by atoms with Crippen molar-refractivity contribution in [1.29, 1.82) is 5.26 Å². The van der Waals surface area contributed by atoms with Gasteiger partial charge in [-0.1, -0.05) is 36.4 Å². The van der Waals surface area contributed by atoms with Crippen LogP contribution >= 0.6 is 0 Å². The Balaban J connectivity index is 1.29. The van der Waals surface area contributed by atoms with Crippen molar-refractivity contribution < 1.29 is 9.59 Å². The maximum atomic E-state index is 12.8. The number of anilines is 1. The second kappa shape index (κ2) is 10.1. The molecule has 6 nitrogen and oxygen atoms in total. The van der Waals surface area contributed by atoms with E-state index in [0.717, 1.165) is 24.0 Å². The molecule has 164 valence electrons. The zero-order chi connectivity index (χ0) is 22.3. The quantitative estimate of drug-likeness (QED) is 0.597. The summed E-state index contributed by atoms with van der Waals surface area (Å²) in [5.74, 6) is 0.335. The number of carbonyl (C=O) groups is 2. The van der Waals surface area contributed by atoms with Gasteiger partial charge in [0.25, 0.3) is 0 Å². The van der Waals surface area contributed by atoms with Crippen LogP contribution in [-0.4, -0.2) is 41.3 Å². The first-order valence-corrected chi connectivity index (χ1v) is 11.2. The summed E-state index contributed by atoms with van der Waals surface area (Å²) in [5.41, 5.74) is 3.16. The molecule has 1 saturated heterocycles. The molecule has 1 aliphatic heterocycles. The van der Waals surface area contributed by atoms with Crippen LogP contribution in [0.1, 0.15) is 43.7 Å². The normalized spacial score (nSPS) is 14.3. The highest BCUT2D eigenvalue weighted by Gasteiger charge is 2.25. The highest BCUT2D eigenvalue weighted by atomic mass is 16.2. The van der Waals surface area contributed by atoms with Gasteiger partial charge < -0.3 is 14.8 Å². The number of nitrogens with zero attached hydrogens (tertiary/aromatic N) is 3. The molecular formula is C26H28N4O2. The molecule has 0 unspecified atom stereocenters. The number of hydrogen-bond acceptors (Lipinski definition) is 3. The third kappa shape index (κ3) is 5.00. The summed E-state index contributed by atoms with van der Waals surface area (Å²) in [6, 6.07) is 21.9. The minimum atomic E-state index is -0.118. The summed E-state index contributed by atoms with van der Waals surface area (Å²) in [4.78, 5) is 32.6. The van der Waals surface area contributed by atoms with E-state index >= 15 is 0 Å². The molecule has 1 N–H and O–H groups in total. The van der Waals surface area contributed by atoms with Crippen molar-refractivity contribution in [3.05, 3.63) is 66.4 Å². The molecule has 2 aromatic carbocycles. The van der Waals surface area contributed by atoms with Crippen LogP contribution in [0.5, 0.6) is 0 Å². The van der Waals surface area contributed by atoms with Gasteiger partial charge in [0.05, 0.1) is 12.5 Å². The zero-order valence-corrected chi connectivity index (χ0v) is 18.2. The molecule has 0 spiro atoms. The summed E-state index contributed by atoms with van der Waals surface area (Å²) in [7, 11) is 0. The molecule has 0 radical (unpaired) electrons. The number of para-hydroxylation sites is 2. The van der Waals surface area contributed by atoms with Gasteiger partial charge in [-0.2, -0.15) is 5.26 Å². The van der Waals surface area contributed by atoms with E-state index in [-0.39, 0.29) is 31.1 Å². The van der Waals surface area contributed by atoms with E-state index in [1.807, 2.05) is 47.4 Å². The summed E-state index contributed by atoms with van der Waals surface area (Å²) < 4.78 is 0. The molecule has 32 heavy (non-hydrogen) atoms. The predicted molar refractivity (Wildman–Crippen MR) is 125 cm³/mol. The Morgan fingerprint density at radius 2 is 1.75 bits per heavy atom. The third-order valence-electron chi connectivity index (χ3n) is 6.21. The zero-order valence-electron chi connectivity index (χ0n) is 18.2. The van der Waals surface area contributed by atoms with Crippen molar-refractivity contribution in [1.82, 2.24) is 9.88 Å². The second-order valence-electron chi connectivity index (χ2n) is 8.26. The first-order chi connectivity index (χ1) is 15.7. The molecule has 2 amide bonds. The molecule has 1 aromatic heterocycles. The average molecular weight is 429 g/mol. The van der Waals surface area contributed by atoms with E-state index < -0.39 is 0 Å². The van der Waals surface area contributed by atoms with E-state index in [1.165, 1.54) is 11.1 Å². The van der Waals surface area contributed by atoms with Gasteiger partial charge in [0.15, 0.2) is 0 Å². The topological polar surface area (TPSA) is 80.2 Å². The Labute approximate surface area is 188 Å². The van der Waals surface area contributed by atoms with Crippen molar-refractivity contribution in [3.8, 4) is 6.07 Å². The maximum Gasteiger partial charge on any atom is 0.227 e. The molecule has 6 heteroatoms. The molecule has 2 heterocycles. The Morgan fingerprint density at radius 1 is 1.03 bits per heavy atom. The Kier molecular flexibility index (Phi) is 6.86. The van der Waals surface area contributed by atoms with Crippen LogP contribution in [-0.2, 0) is 9.59 Å². The smallest absolute Gasteiger partial charge is 0.227 e. The minimum absolute atomic E-state index is 0.0294. The SMILES string of the molecule is N#CCCN(C(=O)CCC(=O)N1CCC(c2cc3ccccc3[nH]2)CC1)c1ccccc1. The summed E-state index contributed by atoms with van der Waals surface area (Å²) in [6.45, 7) is 1.76. The van der Waals surface area contributed by atoms with Crippen LogP contribution in [0.4, 0.5) is 5.69 Å². The summed E-state index contributed by atoms with van der Waals surface area (Å²) in [5, 5.41) is 10.1. The first-order valence-electron chi connectivity index (χ1n) is 11.2. The molecule has 1 aliphatic rings. The predicted octanol–water partition coefficient (Wildman–Crippen LogP) is 4.60. The van der Waals surface area contributed by atoms with Crippen LogP contribution in [0, 0.1) is 11.3 Å². The summed E-state index contributed by atoms with van der Waals surface area (Å²) in [6.07, 6.45) is 2.46. The van der Waals surface area contributed by atoms with E-state index in [0.29, 0.717) is 25.6 Å². The monoisotopic (exact) mass is 428 g/mol. The largest absolute Gasteiger partial charge is 0.358 e. The highest BCUT2D eigenvalue weighted by Crippen LogP contribution is 2.30. The van der Waals surface area contributed by atoms with Crippen LogP contribution in [0.3, 0.4) is 0 Å². The van der Waals surface area contributed by atoms with Gasteiger partial charge in [-0.25, -0.2) is 0 Å². The van der Waals surface area contributed by atoms with E-state index in [1.54, 1.807) is 4.90 Å². The number of aromatic amines is 1. The minimum Gasteiger partial charge on any atom is -0.358 e. The van der Waals surface area contributed by atoms with Crippen molar-refractivity contribution in [2.24, 2.45) is 0 Å². The van der Waals surface area contributed by atoms with Crippen molar-refractivity contribution in [2.75, 3.05) is 24.5 Å². The van der Waals surface area contributed by atoms with Gasteiger partial charge in [0.1, 0.15) is 0 Å². The first kappa shape index (κ1) is 21.6. The molecule has 0 bridgehead atoms. The fourth-order valence-electron chi connectivity index (χ4n) is 4.43. The van der Waals surface area contributed by atoms with Crippen molar-refractivity contribution in [2.45, 2.75) is 38.0 Å². The molecular weight excluding hydrogens is 400 g/mol. The lowest BCUT2D eigenvalue weighted by molar-refractivity contribution is -0.134. The third-order valence-corrected chi connectivity index (χ3v) is 6.21. The number of nitriles is 1. The molecule has 3 aromatic rings. The number of carbonyl (C=O) groups excluding carboxylic acids is 2. The van der Waals surface area contributed by atoms with Crippen LogP contribution in [0.25, 0.3) is 10.9 Å². The van der Waals surface area contributed by atoms with E-state index in [2.05, 4.69) is 29.3 Å². The fraction of sp³-hybridized carbons (Fsp3) is 0.346. The number of likely N-dealkylation sites (tertiary alicyclic amines) is 1. The molecule has 0 aliphatic carbocycles. The van der Waals surface area contributed by atoms with Gasteiger partial charge >= 0.3 is 0 Å². The number of amides is 2. The Morgan fingerprint density at radius 3 is 2.47 bits per heavy atom. The fourth-order valence-corrected chi connectivity index (χ4v) is 4.43. The standard InChI is InChI=1S/C26H28N4O2/c27-15-6-16-30(22-8-2-1-3-9-22)26(32)12-11-25(31)29-17-13-20(14-18-29)24-19-21-7-4-5-10-23(21)28-24/h1-5,7-10,19-20,28H,6,11-14,16-18H2. The molecule has 4 rings (SSSR count). The number of rotatable bonds is 7. The molecule has 0 saturated carbocycles.